The first kappa shape index (κ1) is 20.9. The van der Waals surface area contributed by atoms with Crippen LogP contribution in [0.4, 0.5) is 18.9 Å². The molecule has 4 N–H and O–H groups in total. The van der Waals surface area contributed by atoms with Crippen LogP contribution in [-0.2, 0) is 0 Å². The Morgan fingerprint density at radius 2 is 2.04 bits per heavy atom. The smallest absolute Gasteiger partial charge is 0.381 e. The number of nitrogens with one attached hydrogen (secondary N) is 2. The lowest BCUT2D eigenvalue weighted by Gasteiger charge is -2.13. The van der Waals surface area contributed by atoms with Crippen LogP contribution in [0.2, 0.25) is 0 Å². The number of benzene rings is 1. The van der Waals surface area contributed by atoms with E-state index in [2.05, 4.69) is 28.8 Å². The maximum Gasteiger partial charge on any atom is 0.416 e. The van der Waals surface area contributed by atoms with Crippen LogP contribution in [0.5, 0.6) is 0 Å². The molecule has 5 nitrogen and oxygen atoms in total. The Labute approximate surface area is 150 Å². The number of hydrogen-bond donors (Lipinski definition) is 3. The monoisotopic (exact) mass is 363 g/mol. The van der Waals surface area contributed by atoms with Gasteiger partial charge in [0.25, 0.3) is 0 Å². The molecule has 0 unspecified atom stereocenters. The second-order valence-corrected chi connectivity index (χ2v) is 5.27. The fourth-order valence-corrected chi connectivity index (χ4v) is 2.06. The molecule has 0 bridgehead atoms. The molecular weight excluding hydrogens is 343 g/mol. The molecule has 0 heterocycles. The predicted octanol–water partition coefficient (Wildman–Crippen LogP) is 5.01. The van der Waals surface area contributed by atoms with E-state index in [9.17, 15) is 13.2 Å². The Balaban J connectivity index is 2.97. The maximum absolute atomic E-state index is 12.9. The minimum absolute atomic E-state index is 0.109. The lowest BCUT2D eigenvalue weighted by molar-refractivity contribution is -0.0882. The predicted molar refractivity (Wildman–Crippen MR) is 99.0 cm³/mol. The number of alkyl halides is 3. The van der Waals surface area contributed by atoms with Crippen molar-refractivity contribution in [3.63, 3.8) is 0 Å². The first-order chi connectivity index (χ1) is 12.2. The number of anilines is 1. The van der Waals surface area contributed by atoms with E-state index < -0.39 is 11.7 Å². The van der Waals surface area contributed by atoms with Crippen molar-refractivity contribution in [2.45, 2.75) is 13.1 Å². The normalized spacial score (nSPS) is 12.9. The molecule has 8 heteroatoms. The van der Waals surface area contributed by atoms with Crippen molar-refractivity contribution < 1.29 is 13.2 Å². The second kappa shape index (κ2) is 9.36. The van der Waals surface area contributed by atoms with Crippen molar-refractivity contribution in [1.82, 2.24) is 0 Å². The Kier molecular flexibility index (Phi) is 7.52. The first-order valence-electron chi connectivity index (χ1n) is 7.50. The summed E-state index contributed by atoms with van der Waals surface area (Å²) in [6, 6.07) is 4.97. The Morgan fingerprint density at radius 1 is 1.35 bits per heavy atom. The summed E-state index contributed by atoms with van der Waals surface area (Å²) >= 11 is 0. The zero-order valence-electron chi connectivity index (χ0n) is 14.3. The number of hydrogen-bond acceptors (Lipinski definition) is 3. The zero-order chi connectivity index (χ0) is 19.7. The van der Waals surface area contributed by atoms with Gasteiger partial charge in [0.05, 0.1) is 5.57 Å². The summed E-state index contributed by atoms with van der Waals surface area (Å²) in [4.78, 5) is 0. The van der Waals surface area contributed by atoms with E-state index >= 15 is 0 Å². The molecule has 0 saturated heterocycles. The molecule has 1 aromatic carbocycles. The van der Waals surface area contributed by atoms with Gasteiger partial charge in [0.1, 0.15) is 0 Å². The Morgan fingerprint density at radius 3 is 2.58 bits per heavy atom. The average molecular weight is 363 g/mol. The summed E-state index contributed by atoms with van der Waals surface area (Å²) in [7, 11) is 0. The molecule has 138 valence electrons. The van der Waals surface area contributed by atoms with Gasteiger partial charge in [-0.2, -0.15) is 13.2 Å². The first-order valence-corrected chi connectivity index (χ1v) is 7.50. The molecule has 0 aromatic heterocycles. The van der Waals surface area contributed by atoms with E-state index in [1.165, 1.54) is 0 Å². The lowest BCUT2D eigenvalue weighted by Crippen LogP contribution is -2.12. The molecule has 0 aliphatic rings. The Hall–Kier alpha value is -3.16. The molecule has 26 heavy (non-hydrogen) atoms. The third-order valence-electron chi connectivity index (χ3n) is 3.29. The van der Waals surface area contributed by atoms with Gasteiger partial charge in [-0.3, -0.25) is 5.41 Å². The van der Waals surface area contributed by atoms with Gasteiger partial charge in [-0.25, -0.2) is 0 Å². The molecule has 0 saturated carbocycles. The van der Waals surface area contributed by atoms with Crippen molar-refractivity contribution in [3.8, 4) is 0 Å². The summed E-state index contributed by atoms with van der Waals surface area (Å²) in [5, 5.41) is 17.3. The summed E-state index contributed by atoms with van der Waals surface area (Å²) in [6.07, 6.45) is 0.207. The van der Waals surface area contributed by atoms with Crippen LogP contribution in [0.15, 0.2) is 71.1 Å². The van der Waals surface area contributed by atoms with Gasteiger partial charge < -0.3 is 11.2 Å². The second-order valence-electron chi connectivity index (χ2n) is 5.27. The SMILES string of the molecule is C=C/C=C(\C=C(/C)CNc1ccc(C(=N)N=NN)cc1C=C)C(F)(F)F. The van der Waals surface area contributed by atoms with Gasteiger partial charge in [-0.05, 0) is 36.8 Å². The highest BCUT2D eigenvalue weighted by Crippen LogP contribution is 2.27. The van der Waals surface area contributed by atoms with E-state index in [-0.39, 0.29) is 12.4 Å². The molecular formula is C18H20F3N5. The van der Waals surface area contributed by atoms with Gasteiger partial charge in [0, 0.05) is 17.8 Å². The van der Waals surface area contributed by atoms with Crippen LogP contribution in [-0.4, -0.2) is 18.6 Å². The third-order valence-corrected chi connectivity index (χ3v) is 3.29. The minimum atomic E-state index is -4.44. The summed E-state index contributed by atoms with van der Waals surface area (Å²) in [6.45, 7) is 8.79. The average Bonchev–Trinajstić information content (AvgIpc) is 2.58. The highest BCUT2D eigenvalue weighted by Gasteiger charge is 2.31. The summed E-state index contributed by atoms with van der Waals surface area (Å²) < 4.78 is 38.7. The molecule has 0 amide bonds. The molecule has 0 aliphatic carbocycles. The van der Waals surface area contributed by atoms with E-state index in [0.29, 0.717) is 22.4 Å². The van der Waals surface area contributed by atoms with E-state index in [4.69, 9.17) is 11.3 Å². The molecule has 1 aromatic rings. The molecule has 0 fully saturated rings. The highest BCUT2D eigenvalue weighted by molar-refractivity contribution is 5.97. The Bertz CT molecular complexity index is 774. The van der Waals surface area contributed by atoms with Crippen molar-refractivity contribution in [2.75, 3.05) is 11.9 Å². The maximum atomic E-state index is 12.9. The third kappa shape index (κ3) is 6.04. The van der Waals surface area contributed by atoms with Crippen LogP contribution >= 0.6 is 0 Å². The van der Waals surface area contributed by atoms with E-state index in [0.717, 1.165) is 18.2 Å². The molecule has 0 spiro atoms. The van der Waals surface area contributed by atoms with Gasteiger partial charge >= 0.3 is 6.18 Å². The van der Waals surface area contributed by atoms with E-state index in [1.54, 1.807) is 31.2 Å². The van der Waals surface area contributed by atoms with Crippen LogP contribution in [0.1, 0.15) is 18.1 Å². The number of allylic oxidation sites excluding steroid dienone is 4. The number of rotatable bonds is 7. The lowest BCUT2D eigenvalue weighted by atomic mass is 10.1. The van der Waals surface area contributed by atoms with Gasteiger partial charge in [0.2, 0.25) is 0 Å². The summed E-state index contributed by atoms with van der Waals surface area (Å²) in [5.41, 5.74) is 1.53. The number of nitrogens with two attached hydrogens (primary N) is 1. The minimum Gasteiger partial charge on any atom is -0.381 e. The molecule has 0 atom stereocenters. The fraction of sp³-hybridized carbons (Fsp3) is 0.167. The highest BCUT2D eigenvalue weighted by atomic mass is 19.4. The number of halogens is 3. The van der Waals surface area contributed by atoms with Crippen molar-refractivity contribution >= 4 is 17.6 Å². The van der Waals surface area contributed by atoms with Crippen molar-refractivity contribution in [3.05, 3.63) is 71.9 Å². The van der Waals surface area contributed by atoms with Crippen LogP contribution < -0.4 is 11.2 Å². The number of amidine groups is 1. The van der Waals surface area contributed by atoms with E-state index in [1.807, 2.05) is 0 Å². The quantitative estimate of drug-likeness (QED) is 0.159. The van der Waals surface area contributed by atoms with Gasteiger partial charge in [-0.15, -0.1) is 5.11 Å². The van der Waals surface area contributed by atoms with Crippen molar-refractivity contribution in [1.29, 1.82) is 5.41 Å². The fourth-order valence-electron chi connectivity index (χ4n) is 2.06. The zero-order valence-corrected chi connectivity index (χ0v) is 14.3. The number of nitrogens with zero attached hydrogens (tertiary/aromatic N) is 2. The summed E-state index contributed by atoms with van der Waals surface area (Å²) in [5.74, 6) is 4.82. The molecule has 1 rings (SSSR count). The van der Waals surface area contributed by atoms with Gasteiger partial charge in [-0.1, -0.05) is 42.2 Å². The van der Waals surface area contributed by atoms with Crippen LogP contribution in [0.3, 0.4) is 0 Å². The van der Waals surface area contributed by atoms with Gasteiger partial charge in [0.15, 0.2) is 5.84 Å². The van der Waals surface area contributed by atoms with Crippen LogP contribution in [0.25, 0.3) is 6.08 Å². The molecule has 0 radical (unpaired) electrons. The van der Waals surface area contributed by atoms with Crippen molar-refractivity contribution in [2.24, 2.45) is 16.2 Å². The molecule has 0 aliphatic heterocycles. The van der Waals surface area contributed by atoms with Crippen LogP contribution in [0, 0.1) is 5.41 Å². The topological polar surface area (TPSA) is 86.6 Å². The standard InChI is InChI=1S/C18H20F3N5/c1-4-6-15(18(19,20)21)9-12(3)11-24-16-8-7-14(10-13(16)5-2)17(22)25-26-23/h4-10,24H,1-2,11H2,3H3,(H3,22,23,25)/b12-9+,15-6+. The largest absolute Gasteiger partial charge is 0.416 e.